The number of nitrogens with one attached hydrogen (secondary N) is 1. The number of nitro groups is 1. The number of nitro benzene ring substituents is 1. The van der Waals surface area contributed by atoms with Crippen molar-refractivity contribution in [1.29, 1.82) is 0 Å². The summed E-state index contributed by atoms with van der Waals surface area (Å²) in [6.07, 6.45) is 5.18. The highest BCUT2D eigenvalue weighted by atomic mass is 79.9. The summed E-state index contributed by atoms with van der Waals surface area (Å²) < 4.78 is -0.281. The summed E-state index contributed by atoms with van der Waals surface area (Å²) in [6, 6.07) is 4.57. The van der Waals surface area contributed by atoms with Crippen molar-refractivity contribution in [1.82, 2.24) is 5.32 Å². The molecule has 1 aliphatic carbocycles. The molecule has 0 spiro atoms. The van der Waals surface area contributed by atoms with E-state index in [2.05, 4.69) is 27.8 Å². The minimum absolute atomic E-state index is 0.0684. The molecule has 1 amide bonds. The van der Waals surface area contributed by atoms with Gasteiger partial charge >= 0.3 is 0 Å². The Hall–Kier alpha value is -1.69. The molecule has 1 aromatic rings. The Labute approximate surface area is 144 Å². The van der Waals surface area contributed by atoms with Crippen LogP contribution in [0, 0.1) is 10.1 Å². The van der Waals surface area contributed by atoms with Crippen LogP contribution >= 0.6 is 15.9 Å². The van der Waals surface area contributed by atoms with Gasteiger partial charge in [-0.1, -0.05) is 47.3 Å². The highest BCUT2D eigenvalue weighted by Gasteiger charge is 2.35. The molecule has 0 atom stereocenters. The van der Waals surface area contributed by atoms with E-state index in [0.717, 1.165) is 36.8 Å². The first-order chi connectivity index (χ1) is 10.8. The maximum absolute atomic E-state index is 12.5. The van der Waals surface area contributed by atoms with Gasteiger partial charge in [-0.25, -0.2) is 0 Å². The standard InChI is InChI=1S/C17H21BrN2O3/c1-12(2)11-19-16(21)14-10-13(20(22)23)6-7-15(14)17(18)8-4-3-5-9-17/h6-7,10H,1,3-5,8-9,11H2,2H3,(H,19,21). The lowest BCUT2D eigenvalue weighted by molar-refractivity contribution is -0.384. The zero-order valence-corrected chi connectivity index (χ0v) is 14.8. The van der Waals surface area contributed by atoms with E-state index in [0.29, 0.717) is 12.1 Å². The second-order valence-electron chi connectivity index (χ2n) is 6.15. The normalized spacial score (nSPS) is 16.6. The summed E-state index contributed by atoms with van der Waals surface area (Å²) in [6.45, 7) is 5.94. The molecular weight excluding hydrogens is 360 g/mol. The third kappa shape index (κ3) is 4.19. The van der Waals surface area contributed by atoms with Gasteiger partial charge in [0.05, 0.1) is 14.8 Å². The minimum atomic E-state index is -0.471. The van der Waals surface area contributed by atoms with E-state index in [1.807, 2.05) is 6.92 Å². The topological polar surface area (TPSA) is 72.2 Å². The number of alkyl halides is 1. The number of amides is 1. The molecule has 1 aromatic carbocycles. The van der Waals surface area contributed by atoms with Crippen molar-refractivity contribution in [3.05, 3.63) is 51.6 Å². The number of hydrogen-bond donors (Lipinski definition) is 1. The van der Waals surface area contributed by atoms with Crippen LogP contribution in [0.1, 0.15) is 54.9 Å². The number of carbonyl (C=O) groups excluding carboxylic acids is 1. The molecule has 6 heteroatoms. The summed E-state index contributed by atoms with van der Waals surface area (Å²) in [5.41, 5.74) is 1.97. The van der Waals surface area contributed by atoms with Crippen LogP contribution in [0.25, 0.3) is 0 Å². The molecule has 23 heavy (non-hydrogen) atoms. The van der Waals surface area contributed by atoms with Crippen molar-refractivity contribution in [3.63, 3.8) is 0 Å². The lowest BCUT2D eigenvalue weighted by Gasteiger charge is -2.33. The zero-order valence-electron chi connectivity index (χ0n) is 13.2. The van der Waals surface area contributed by atoms with Gasteiger partial charge in [0.15, 0.2) is 0 Å². The Bertz CT molecular complexity index is 637. The molecule has 0 unspecified atom stereocenters. The van der Waals surface area contributed by atoms with Gasteiger partial charge in [0.2, 0.25) is 0 Å². The molecule has 1 saturated carbocycles. The number of benzene rings is 1. The van der Waals surface area contributed by atoms with Crippen LogP contribution < -0.4 is 5.32 Å². The third-order valence-electron chi connectivity index (χ3n) is 4.14. The summed E-state index contributed by atoms with van der Waals surface area (Å²) >= 11 is 3.80. The maximum Gasteiger partial charge on any atom is 0.270 e. The summed E-state index contributed by atoms with van der Waals surface area (Å²) in [5.74, 6) is -0.295. The van der Waals surface area contributed by atoms with Crippen LogP contribution in [-0.2, 0) is 4.32 Å². The maximum atomic E-state index is 12.5. The average molecular weight is 381 g/mol. The van der Waals surface area contributed by atoms with Gasteiger partial charge < -0.3 is 5.32 Å². The van der Waals surface area contributed by atoms with Crippen molar-refractivity contribution < 1.29 is 9.72 Å². The van der Waals surface area contributed by atoms with E-state index in [1.54, 1.807) is 6.07 Å². The highest BCUT2D eigenvalue weighted by Crippen LogP contribution is 2.46. The molecule has 0 aromatic heterocycles. The van der Waals surface area contributed by atoms with Gasteiger partial charge in [0.25, 0.3) is 11.6 Å². The fourth-order valence-electron chi connectivity index (χ4n) is 2.93. The van der Waals surface area contributed by atoms with E-state index >= 15 is 0 Å². The molecule has 1 fully saturated rings. The van der Waals surface area contributed by atoms with Gasteiger partial charge in [-0.2, -0.15) is 0 Å². The first-order valence-corrected chi connectivity index (χ1v) is 8.53. The fourth-order valence-corrected chi connectivity index (χ4v) is 3.84. The first-order valence-electron chi connectivity index (χ1n) is 7.74. The number of hydrogen-bond acceptors (Lipinski definition) is 3. The van der Waals surface area contributed by atoms with E-state index in [4.69, 9.17) is 0 Å². The Balaban J connectivity index is 2.42. The molecule has 2 rings (SSSR count). The van der Waals surface area contributed by atoms with Crippen LogP contribution in [0.4, 0.5) is 5.69 Å². The van der Waals surface area contributed by atoms with Crippen LogP contribution in [0.2, 0.25) is 0 Å². The molecule has 0 heterocycles. The molecule has 1 aliphatic rings. The van der Waals surface area contributed by atoms with E-state index < -0.39 is 4.92 Å². The summed E-state index contributed by atoms with van der Waals surface area (Å²) in [5, 5.41) is 13.8. The molecule has 5 nitrogen and oxygen atoms in total. The van der Waals surface area contributed by atoms with E-state index in [1.165, 1.54) is 18.6 Å². The van der Waals surface area contributed by atoms with E-state index in [9.17, 15) is 14.9 Å². The summed E-state index contributed by atoms with van der Waals surface area (Å²) in [4.78, 5) is 23.1. The Morgan fingerprint density at radius 1 is 1.39 bits per heavy atom. The molecule has 1 N–H and O–H groups in total. The molecule has 0 aliphatic heterocycles. The van der Waals surface area contributed by atoms with Gasteiger partial charge in [-0.15, -0.1) is 0 Å². The lowest BCUT2D eigenvalue weighted by atomic mass is 9.81. The number of carbonyl (C=O) groups is 1. The number of nitrogens with zero attached hydrogens (tertiary/aromatic N) is 1. The smallest absolute Gasteiger partial charge is 0.270 e. The second-order valence-corrected chi connectivity index (χ2v) is 7.67. The third-order valence-corrected chi connectivity index (χ3v) is 5.36. The molecular formula is C17H21BrN2O3. The van der Waals surface area contributed by atoms with Crippen molar-refractivity contribution in [2.75, 3.05) is 6.54 Å². The molecule has 124 valence electrons. The summed E-state index contributed by atoms with van der Waals surface area (Å²) in [7, 11) is 0. The molecule has 0 radical (unpaired) electrons. The SMILES string of the molecule is C=C(C)CNC(=O)c1cc([N+](=O)[O-])ccc1C1(Br)CCCCC1. The predicted molar refractivity (Wildman–Crippen MR) is 93.9 cm³/mol. The van der Waals surface area contributed by atoms with Crippen molar-refractivity contribution in [3.8, 4) is 0 Å². The average Bonchev–Trinajstić information content (AvgIpc) is 2.52. The van der Waals surface area contributed by atoms with Crippen LogP contribution in [0.3, 0.4) is 0 Å². The van der Waals surface area contributed by atoms with Crippen LogP contribution in [0.5, 0.6) is 0 Å². The fraction of sp³-hybridized carbons (Fsp3) is 0.471. The Kier molecular flexibility index (Phi) is 5.57. The number of rotatable bonds is 5. The van der Waals surface area contributed by atoms with Crippen molar-refractivity contribution in [2.24, 2.45) is 0 Å². The van der Waals surface area contributed by atoms with Crippen molar-refractivity contribution >= 4 is 27.5 Å². The lowest BCUT2D eigenvalue weighted by Crippen LogP contribution is -2.30. The van der Waals surface area contributed by atoms with Crippen molar-refractivity contribution in [2.45, 2.75) is 43.4 Å². The van der Waals surface area contributed by atoms with Gasteiger partial charge in [0, 0.05) is 18.7 Å². The van der Waals surface area contributed by atoms with Gasteiger partial charge in [-0.3, -0.25) is 14.9 Å². The Morgan fingerprint density at radius 2 is 2.04 bits per heavy atom. The number of non-ortho nitro benzene ring substituents is 1. The predicted octanol–water partition coefficient (Wildman–Crippen LogP) is 4.46. The number of halogens is 1. The van der Waals surface area contributed by atoms with E-state index in [-0.39, 0.29) is 15.9 Å². The Morgan fingerprint density at radius 3 is 2.61 bits per heavy atom. The van der Waals surface area contributed by atoms with Crippen LogP contribution in [0.15, 0.2) is 30.4 Å². The minimum Gasteiger partial charge on any atom is -0.348 e. The highest BCUT2D eigenvalue weighted by molar-refractivity contribution is 9.09. The van der Waals surface area contributed by atoms with Crippen LogP contribution in [-0.4, -0.2) is 17.4 Å². The molecule has 0 bridgehead atoms. The van der Waals surface area contributed by atoms with Gasteiger partial charge in [0.1, 0.15) is 0 Å². The zero-order chi connectivity index (χ0) is 17.0. The van der Waals surface area contributed by atoms with Gasteiger partial charge in [-0.05, 0) is 31.4 Å². The second kappa shape index (κ2) is 7.25. The monoisotopic (exact) mass is 380 g/mol. The first kappa shape index (κ1) is 17.7. The largest absolute Gasteiger partial charge is 0.348 e. The molecule has 0 saturated heterocycles. The quantitative estimate of drug-likeness (QED) is 0.354.